The van der Waals surface area contributed by atoms with Crippen molar-refractivity contribution in [2.24, 2.45) is 0 Å². The van der Waals surface area contributed by atoms with Crippen molar-refractivity contribution in [3.63, 3.8) is 0 Å². The average molecular weight is 372 g/mol. The van der Waals surface area contributed by atoms with Crippen molar-refractivity contribution < 1.29 is 14.0 Å². The second-order valence-corrected chi connectivity index (χ2v) is 7.12. The number of piperidine rings is 1. The number of hydrogen-bond donors (Lipinski definition) is 0. The third-order valence-electron chi connectivity index (χ3n) is 5.40. The van der Waals surface area contributed by atoms with E-state index in [1.54, 1.807) is 23.1 Å². The molecule has 0 radical (unpaired) electrons. The van der Waals surface area contributed by atoms with E-state index in [9.17, 15) is 14.4 Å². The van der Waals surface area contributed by atoms with E-state index in [2.05, 4.69) is 0 Å². The number of carbonyl (C=O) groups is 2. The molecule has 4 rings (SSSR count). The van der Waals surface area contributed by atoms with E-state index in [1.807, 2.05) is 15.9 Å². The van der Waals surface area contributed by atoms with Crippen molar-refractivity contribution in [3.05, 3.63) is 34.8 Å². The standard InChI is InChI=1S/C19H24N4O4/c24-17(14-23-15-6-2-3-7-16(15)27-19(23)26)20-10-12-22(13-11-20)18(25)21-8-4-1-5-9-21/h2-3,6-7H,1,4-5,8-14H2. The molecule has 0 saturated carbocycles. The summed E-state index contributed by atoms with van der Waals surface area (Å²) in [6.07, 6.45) is 3.32. The summed E-state index contributed by atoms with van der Waals surface area (Å²) < 4.78 is 6.55. The number of para-hydroxylation sites is 2. The molecule has 3 amide bonds. The van der Waals surface area contributed by atoms with E-state index in [4.69, 9.17) is 4.42 Å². The second-order valence-electron chi connectivity index (χ2n) is 7.12. The lowest BCUT2D eigenvalue weighted by atomic mass is 10.1. The van der Waals surface area contributed by atoms with Crippen LogP contribution in [-0.2, 0) is 11.3 Å². The molecule has 144 valence electrons. The summed E-state index contributed by atoms with van der Waals surface area (Å²) in [5.74, 6) is -0.655. The molecule has 8 nitrogen and oxygen atoms in total. The molecule has 0 bridgehead atoms. The molecule has 2 aliphatic heterocycles. The van der Waals surface area contributed by atoms with Crippen LogP contribution in [0.2, 0.25) is 0 Å². The largest absolute Gasteiger partial charge is 0.420 e. The monoisotopic (exact) mass is 372 g/mol. The van der Waals surface area contributed by atoms with Crippen LogP contribution in [0.4, 0.5) is 4.79 Å². The normalized spacial score (nSPS) is 18.1. The molecule has 2 saturated heterocycles. The Morgan fingerprint density at radius 3 is 2.22 bits per heavy atom. The first-order chi connectivity index (χ1) is 13.1. The van der Waals surface area contributed by atoms with E-state index in [1.165, 1.54) is 11.0 Å². The average Bonchev–Trinajstić information content (AvgIpc) is 3.03. The minimum atomic E-state index is -0.525. The number of amides is 3. The van der Waals surface area contributed by atoms with E-state index in [0.717, 1.165) is 25.9 Å². The van der Waals surface area contributed by atoms with E-state index in [0.29, 0.717) is 37.3 Å². The number of aromatic nitrogens is 1. The highest BCUT2D eigenvalue weighted by Crippen LogP contribution is 2.14. The second kappa shape index (κ2) is 7.46. The molecular weight excluding hydrogens is 348 g/mol. The van der Waals surface area contributed by atoms with Gasteiger partial charge in [0.05, 0.1) is 5.52 Å². The van der Waals surface area contributed by atoms with Crippen LogP contribution >= 0.6 is 0 Å². The van der Waals surface area contributed by atoms with Crippen molar-refractivity contribution in [1.29, 1.82) is 0 Å². The van der Waals surface area contributed by atoms with Crippen molar-refractivity contribution >= 4 is 23.0 Å². The van der Waals surface area contributed by atoms with Crippen LogP contribution in [0.15, 0.2) is 33.5 Å². The molecule has 0 unspecified atom stereocenters. The molecule has 1 aromatic carbocycles. The number of carbonyl (C=O) groups excluding carboxylic acids is 2. The van der Waals surface area contributed by atoms with Crippen LogP contribution in [0.5, 0.6) is 0 Å². The minimum absolute atomic E-state index is 0.0457. The maximum absolute atomic E-state index is 12.7. The van der Waals surface area contributed by atoms with Gasteiger partial charge in [0.2, 0.25) is 5.91 Å². The number of oxazole rings is 1. The first-order valence-electron chi connectivity index (χ1n) is 9.53. The Balaban J connectivity index is 1.36. The predicted molar refractivity (Wildman–Crippen MR) is 99.4 cm³/mol. The van der Waals surface area contributed by atoms with Crippen LogP contribution in [0.25, 0.3) is 11.1 Å². The molecule has 0 spiro atoms. The summed E-state index contributed by atoms with van der Waals surface area (Å²) in [4.78, 5) is 42.7. The maximum atomic E-state index is 12.7. The van der Waals surface area contributed by atoms with E-state index >= 15 is 0 Å². The van der Waals surface area contributed by atoms with Gasteiger partial charge in [-0.05, 0) is 31.4 Å². The number of nitrogens with zero attached hydrogens (tertiary/aromatic N) is 4. The fourth-order valence-corrected chi connectivity index (χ4v) is 3.83. The van der Waals surface area contributed by atoms with E-state index in [-0.39, 0.29) is 18.5 Å². The maximum Gasteiger partial charge on any atom is 0.420 e. The summed E-state index contributed by atoms with van der Waals surface area (Å²) in [7, 11) is 0. The van der Waals surface area contributed by atoms with Gasteiger partial charge >= 0.3 is 11.8 Å². The zero-order chi connectivity index (χ0) is 18.8. The van der Waals surface area contributed by atoms with Gasteiger partial charge in [0, 0.05) is 39.3 Å². The summed E-state index contributed by atoms with van der Waals surface area (Å²) in [6, 6.07) is 7.16. The van der Waals surface area contributed by atoms with Gasteiger partial charge in [-0.3, -0.25) is 9.36 Å². The topological polar surface area (TPSA) is 79.0 Å². The molecular formula is C19H24N4O4. The zero-order valence-corrected chi connectivity index (χ0v) is 15.3. The lowest BCUT2D eigenvalue weighted by Crippen LogP contribution is -2.55. The molecule has 2 fully saturated rings. The highest BCUT2D eigenvalue weighted by molar-refractivity contribution is 5.80. The van der Waals surface area contributed by atoms with Gasteiger partial charge < -0.3 is 19.1 Å². The Hall–Kier alpha value is -2.77. The minimum Gasteiger partial charge on any atom is -0.408 e. The molecule has 3 heterocycles. The number of urea groups is 1. The molecule has 8 heteroatoms. The smallest absolute Gasteiger partial charge is 0.408 e. The molecule has 2 aliphatic rings. The van der Waals surface area contributed by atoms with Gasteiger partial charge in [0.15, 0.2) is 5.58 Å². The van der Waals surface area contributed by atoms with Gasteiger partial charge in [0.1, 0.15) is 6.54 Å². The third-order valence-corrected chi connectivity index (χ3v) is 5.40. The van der Waals surface area contributed by atoms with Crippen LogP contribution in [0.1, 0.15) is 19.3 Å². The van der Waals surface area contributed by atoms with Gasteiger partial charge in [-0.1, -0.05) is 12.1 Å². The fourth-order valence-electron chi connectivity index (χ4n) is 3.83. The van der Waals surface area contributed by atoms with Gasteiger partial charge in [-0.2, -0.15) is 0 Å². The molecule has 2 aromatic rings. The third kappa shape index (κ3) is 3.56. The Morgan fingerprint density at radius 2 is 1.48 bits per heavy atom. The van der Waals surface area contributed by atoms with Gasteiger partial charge in [-0.25, -0.2) is 9.59 Å². The number of hydrogen-bond acceptors (Lipinski definition) is 4. The number of fused-ring (bicyclic) bond motifs is 1. The van der Waals surface area contributed by atoms with Crippen LogP contribution in [-0.4, -0.2) is 70.5 Å². The number of piperazine rings is 1. The van der Waals surface area contributed by atoms with Gasteiger partial charge in [0.25, 0.3) is 0 Å². The zero-order valence-electron chi connectivity index (χ0n) is 15.3. The summed E-state index contributed by atoms with van der Waals surface area (Å²) >= 11 is 0. The van der Waals surface area contributed by atoms with Crippen molar-refractivity contribution in [2.45, 2.75) is 25.8 Å². The summed E-state index contributed by atoms with van der Waals surface area (Å²) in [6.45, 7) is 3.65. The van der Waals surface area contributed by atoms with Crippen molar-refractivity contribution in [3.8, 4) is 0 Å². The molecule has 1 aromatic heterocycles. The predicted octanol–water partition coefficient (Wildman–Crippen LogP) is 1.34. The first-order valence-corrected chi connectivity index (χ1v) is 9.53. The Kier molecular flexibility index (Phi) is 4.87. The van der Waals surface area contributed by atoms with E-state index < -0.39 is 5.76 Å². The quantitative estimate of drug-likeness (QED) is 0.797. The van der Waals surface area contributed by atoms with Gasteiger partial charge in [-0.15, -0.1) is 0 Å². The first kappa shape index (κ1) is 17.6. The van der Waals surface area contributed by atoms with Crippen molar-refractivity contribution in [2.75, 3.05) is 39.3 Å². The summed E-state index contributed by atoms with van der Waals surface area (Å²) in [5, 5.41) is 0. The van der Waals surface area contributed by atoms with Crippen LogP contribution < -0.4 is 5.76 Å². The summed E-state index contributed by atoms with van der Waals surface area (Å²) in [5.41, 5.74) is 1.10. The highest BCUT2D eigenvalue weighted by Gasteiger charge is 2.28. The highest BCUT2D eigenvalue weighted by atomic mass is 16.4. The van der Waals surface area contributed by atoms with Crippen LogP contribution in [0, 0.1) is 0 Å². The fraction of sp³-hybridized carbons (Fsp3) is 0.526. The molecule has 27 heavy (non-hydrogen) atoms. The molecule has 0 N–H and O–H groups in total. The Bertz CT molecular complexity index is 888. The lowest BCUT2D eigenvalue weighted by Gasteiger charge is -2.38. The SMILES string of the molecule is O=C(Cn1c(=O)oc2ccccc21)N1CCN(C(=O)N2CCCCC2)CC1. The number of benzene rings is 1. The number of likely N-dealkylation sites (tertiary alicyclic amines) is 1. The number of rotatable bonds is 2. The van der Waals surface area contributed by atoms with Crippen LogP contribution in [0.3, 0.4) is 0 Å². The van der Waals surface area contributed by atoms with Crippen molar-refractivity contribution in [1.82, 2.24) is 19.3 Å². The Morgan fingerprint density at radius 1 is 0.852 bits per heavy atom. The lowest BCUT2D eigenvalue weighted by molar-refractivity contribution is -0.133. The Labute approximate surface area is 156 Å². The molecule has 0 atom stereocenters. The molecule has 0 aliphatic carbocycles.